The standard InChI is InChI=1S/C32H33N3O4/c36-32(35-17-15-33(16-18-35)20-25-7-3-1-4-8-25)30-14-12-28(39-30)23-34(21-26-9-5-2-6-10-26)22-27-11-13-29-31(19-27)38-24-37-29/h1-14,19H,15-18,20-24H2. The van der Waals surface area contributed by atoms with Crippen molar-refractivity contribution in [2.24, 2.45) is 0 Å². The molecular formula is C32H33N3O4. The van der Waals surface area contributed by atoms with Gasteiger partial charge in [-0.2, -0.15) is 0 Å². The van der Waals surface area contributed by atoms with Crippen LogP contribution in [0.1, 0.15) is 33.0 Å². The predicted octanol–water partition coefficient (Wildman–Crippen LogP) is 5.17. The van der Waals surface area contributed by atoms with Crippen molar-refractivity contribution in [1.29, 1.82) is 0 Å². The topological polar surface area (TPSA) is 58.4 Å². The van der Waals surface area contributed by atoms with Crippen molar-refractivity contribution < 1.29 is 18.7 Å². The first kappa shape index (κ1) is 25.2. The van der Waals surface area contributed by atoms with Crippen LogP contribution in [-0.4, -0.2) is 53.6 Å². The van der Waals surface area contributed by atoms with Gasteiger partial charge in [0, 0.05) is 45.8 Å². The van der Waals surface area contributed by atoms with Crippen LogP contribution in [0.15, 0.2) is 95.4 Å². The predicted molar refractivity (Wildman–Crippen MR) is 148 cm³/mol. The van der Waals surface area contributed by atoms with E-state index in [4.69, 9.17) is 13.9 Å². The monoisotopic (exact) mass is 523 g/mol. The second kappa shape index (κ2) is 11.8. The number of piperazine rings is 1. The molecule has 0 aliphatic carbocycles. The summed E-state index contributed by atoms with van der Waals surface area (Å²) in [5.41, 5.74) is 3.65. The number of carbonyl (C=O) groups is 1. The van der Waals surface area contributed by atoms with Gasteiger partial charge in [-0.15, -0.1) is 0 Å². The molecule has 3 heterocycles. The molecule has 2 aliphatic rings. The molecule has 1 fully saturated rings. The van der Waals surface area contributed by atoms with Crippen molar-refractivity contribution >= 4 is 5.91 Å². The zero-order valence-corrected chi connectivity index (χ0v) is 22.0. The molecule has 4 aromatic rings. The second-order valence-corrected chi connectivity index (χ2v) is 10.1. The summed E-state index contributed by atoms with van der Waals surface area (Å²) < 4.78 is 17.2. The van der Waals surface area contributed by atoms with E-state index in [1.54, 1.807) is 0 Å². The highest BCUT2D eigenvalue weighted by Gasteiger charge is 2.25. The minimum atomic E-state index is -0.0361. The zero-order chi connectivity index (χ0) is 26.4. The van der Waals surface area contributed by atoms with Crippen molar-refractivity contribution in [1.82, 2.24) is 14.7 Å². The maximum absolute atomic E-state index is 13.2. The molecule has 3 aromatic carbocycles. The third-order valence-corrected chi connectivity index (χ3v) is 7.25. The Balaban J connectivity index is 1.09. The summed E-state index contributed by atoms with van der Waals surface area (Å²) in [5, 5.41) is 0. The van der Waals surface area contributed by atoms with Crippen molar-refractivity contribution in [2.45, 2.75) is 26.2 Å². The maximum Gasteiger partial charge on any atom is 0.289 e. The van der Waals surface area contributed by atoms with Gasteiger partial charge in [-0.25, -0.2) is 0 Å². The normalized spacial score (nSPS) is 15.2. The number of hydrogen-bond acceptors (Lipinski definition) is 6. The summed E-state index contributed by atoms with van der Waals surface area (Å²) in [6.07, 6.45) is 0. The first-order valence-corrected chi connectivity index (χ1v) is 13.5. The molecule has 7 heteroatoms. The number of amides is 1. The highest BCUT2D eigenvalue weighted by atomic mass is 16.7. The fraction of sp³-hybridized carbons (Fsp3) is 0.281. The lowest BCUT2D eigenvalue weighted by molar-refractivity contribution is 0.0594. The molecule has 6 rings (SSSR count). The van der Waals surface area contributed by atoms with Crippen LogP contribution in [-0.2, 0) is 26.2 Å². The zero-order valence-electron chi connectivity index (χ0n) is 22.0. The molecule has 0 unspecified atom stereocenters. The fourth-order valence-electron chi connectivity index (χ4n) is 5.21. The SMILES string of the molecule is O=C(c1ccc(CN(Cc2ccccc2)Cc2ccc3c(c2)OCO3)o1)N1CCN(Cc2ccccc2)CC1. The molecule has 0 spiro atoms. The van der Waals surface area contributed by atoms with E-state index in [0.717, 1.165) is 49.0 Å². The van der Waals surface area contributed by atoms with Gasteiger partial charge in [0.1, 0.15) is 5.76 Å². The first-order chi connectivity index (χ1) is 19.2. The van der Waals surface area contributed by atoms with Crippen LogP contribution in [0.5, 0.6) is 11.5 Å². The number of nitrogens with zero attached hydrogens (tertiary/aromatic N) is 3. The quantitative estimate of drug-likeness (QED) is 0.302. The summed E-state index contributed by atoms with van der Waals surface area (Å²) in [5.74, 6) is 2.71. The summed E-state index contributed by atoms with van der Waals surface area (Å²) in [6, 6.07) is 30.7. The molecule has 1 aromatic heterocycles. The molecular weight excluding hydrogens is 490 g/mol. The molecule has 0 bridgehead atoms. The van der Waals surface area contributed by atoms with Gasteiger partial charge in [0.2, 0.25) is 6.79 Å². The summed E-state index contributed by atoms with van der Waals surface area (Å²) >= 11 is 0. The van der Waals surface area contributed by atoms with Gasteiger partial charge >= 0.3 is 0 Å². The van der Waals surface area contributed by atoms with Crippen LogP contribution in [0.4, 0.5) is 0 Å². The number of furan rings is 1. The van der Waals surface area contributed by atoms with Gasteiger partial charge in [0.05, 0.1) is 6.54 Å². The Hall–Kier alpha value is -4.07. The summed E-state index contributed by atoms with van der Waals surface area (Å²) in [7, 11) is 0. The molecule has 0 N–H and O–H groups in total. The molecule has 200 valence electrons. The molecule has 39 heavy (non-hydrogen) atoms. The van der Waals surface area contributed by atoms with E-state index in [1.165, 1.54) is 11.1 Å². The Morgan fingerprint density at radius 3 is 2.15 bits per heavy atom. The highest BCUT2D eigenvalue weighted by molar-refractivity contribution is 5.91. The minimum Gasteiger partial charge on any atom is -0.455 e. The molecule has 0 radical (unpaired) electrons. The summed E-state index contributed by atoms with van der Waals surface area (Å²) in [6.45, 7) is 6.33. The van der Waals surface area contributed by atoms with Gasteiger partial charge < -0.3 is 18.8 Å². The molecule has 0 saturated carbocycles. The molecule has 1 saturated heterocycles. The number of benzene rings is 3. The van der Waals surface area contributed by atoms with Gasteiger partial charge in [-0.05, 0) is 41.0 Å². The Labute approximate surface area is 229 Å². The first-order valence-electron chi connectivity index (χ1n) is 13.5. The third-order valence-electron chi connectivity index (χ3n) is 7.25. The van der Waals surface area contributed by atoms with Gasteiger partial charge in [0.15, 0.2) is 17.3 Å². The van der Waals surface area contributed by atoms with E-state index >= 15 is 0 Å². The molecule has 1 amide bonds. The Morgan fingerprint density at radius 2 is 1.38 bits per heavy atom. The van der Waals surface area contributed by atoms with Gasteiger partial charge in [0.25, 0.3) is 5.91 Å². The lowest BCUT2D eigenvalue weighted by atomic mass is 10.1. The Kier molecular flexibility index (Phi) is 7.61. The third kappa shape index (κ3) is 6.33. The largest absolute Gasteiger partial charge is 0.455 e. The Morgan fingerprint density at radius 1 is 0.692 bits per heavy atom. The van der Waals surface area contributed by atoms with E-state index < -0.39 is 0 Å². The molecule has 2 aliphatic heterocycles. The van der Waals surface area contributed by atoms with Crippen molar-refractivity contribution in [3.8, 4) is 11.5 Å². The highest BCUT2D eigenvalue weighted by Crippen LogP contribution is 2.33. The number of hydrogen-bond donors (Lipinski definition) is 0. The summed E-state index contributed by atoms with van der Waals surface area (Å²) in [4.78, 5) is 19.8. The van der Waals surface area contributed by atoms with Crippen LogP contribution >= 0.6 is 0 Å². The van der Waals surface area contributed by atoms with Gasteiger partial charge in [-0.1, -0.05) is 66.7 Å². The van der Waals surface area contributed by atoms with Crippen LogP contribution in [0.3, 0.4) is 0 Å². The van der Waals surface area contributed by atoms with E-state index in [1.807, 2.05) is 41.3 Å². The van der Waals surface area contributed by atoms with Crippen LogP contribution < -0.4 is 9.47 Å². The van der Waals surface area contributed by atoms with Crippen molar-refractivity contribution in [3.05, 3.63) is 119 Å². The van der Waals surface area contributed by atoms with Crippen LogP contribution in [0.25, 0.3) is 0 Å². The fourth-order valence-corrected chi connectivity index (χ4v) is 5.21. The lowest BCUT2D eigenvalue weighted by Gasteiger charge is -2.34. The van der Waals surface area contributed by atoms with E-state index in [0.29, 0.717) is 31.9 Å². The second-order valence-electron chi connectivity index (χ2n) is 10.1. The van der Waals surface area contributed by atoms with Crippen LogP contribution in [0, 0.1) is 0 Å². The Bertz CT molecular complexity index is 1380. The average Bonchev–Trinajstić information content (AvgIpc) is 3.64. The van der Waals surface area contributed by atoms with Crippen molar-refractivity contribution in [3.63, 3.8) is 0 Å². The molecule has 7 nitrogen and oxygen atoms in total. The lowest BCUT2D eigenvalue weighted by Crippen LogP contribution is -2.48. The number of rotatable bonds is 9. The number of ether oxygens (including phenoxy) is 2. The van der Waals surface area contributed by atoms with E-state index in [9.17, 15) is 4.79 Å². The molecule has 0 atom stereocenters. The van der Waals surface area contributed by atoms with Crippen molar-refractivity contribution in [2.75, 3.05) is 33.0 Å². The number of fused-ring (bicyclic) bond motifs is 1. The minimum absolute atomic E-state index is 0.0361. The smallest absolute Gasteiger partial charge is 0.289 e. The van der Waals surface area contributed by atoms with Gasteiger partial charge in [-0.3, -0.25) is 14.6 Å². The van der Waals surface area contributed by atoms with Crippen LogP contribution in [0.2, 0.25) is 0 Å². The van der Waals surface area contributed by atoms with E-state index in [-0.39, 0.29) is 12.7 Å². The number of carbonyl (C=O) groups excluding carboxylic acids is 1. The maximum atomic E-state index is 13.2. The van der Waals surface area contributed by atoms with E-state index in [2.05, 4.69) is 64.4 Å². The average molecular weight is 524 g/mol.